The maximum atomic E-state index is 13.2. The average Bonchev–Trinajstić information content (AvgIpc) is 2.78. The molecule has 0 radical (unpaired) electrons. The van der Waals surface area contributed by atoms with E-state index in [0.29, 0.717) is 12.0 Å². The van der Waals surface area contributed by atoms with Crippen molar-refractivity contribution in [1.82, 2.24) is 5.32 Å². The fraction of sp³-hybridized carbons (Fsp3) is 0.200. The Kier molecular flexibility index (Phi) is 7.10. The summed E-state index contributed by atoms with van der Waals surface area (Å²) in [6.07, 6.45) is 0.645. The van der Waals surface area contributed by atoms with Crippen LogP contribution >= 0.6 is 0 Å². The van der Waals surface area contributed by atoms with Crippen LogP contribution in [0.1, 0.15) is 58.2 Å². The van der Waals surface area contributed by atoms with E-state index in [1.165, 1.54) is 37.3 Å². The van der Waals surface area contributed by atoms with E-state index in [0.717, 1.165) is 11.1 Å². The quantitative estimate of drug-likeness (QED) is 0.479. The van der Waals surface area contributed by atoms with Gasteiger partial charge in [0.25, 0.3) is 15.9 Å². The number of carbonyl (C=O) groups is 2. The van der Waals surface area contributed by atoms with Crippen molar-refractivity contribution in [2.45, 2.75) is 38.1 Å². The van der Waals surface area contributed by atoms with Gasteiger partial charge in [0.1, 0.15) is 0 Å². The molecule has 32 heavy (non-hydrogen) atoms. The maximum Gasteiger partial charge on any atom is 0.261 e. The molecule has 0 saturated carbocycles. The normalized spacial score (nSPS) is 12.1. The molecule has 0 aliphatic heterocycles. The number of rotatable bonds is 8. The van der Waals surface area contributed by atoms with E-state index in [1.807, 2.05) is 44.2 Å². The zero-order chi connectivity index (χ0) is 23.3. The van der Waals surface area contributed by atoms with Gasteiger partial charge in [0.05, 0.1) is 22.2 Å². The van der Waals surface area contributed by atoms with Gasteiger partial charge < -0.3 is 5.32 Å². The summed E-state index contributed by atoms with van der Waals surface area (Å²) < 4.78 is 28.3. The van der Waals surface area contributed by atoms with Crippen molar-refractivity contribution < 1.29 is 18.0 Å². The number of hydrogen-bond acceptors (Lipinski definition) is 4. The standard InChI is InChI=1S/C25H26N2O4S/c1-4-23(19-8-6-5-7-9-19)26-25(29)22-16-20(18(3)28)12-15-24(22)27-32(30,31)21-13-10-17(2)11-14-21/h5-16,23,27H,4H2,1-3H3,(H,26,29)/t23-/m0/s1. The zero-order valence-corrected chi connectivity index (χ0v) is 19.1. The maximum absolute atomic E-state index is 13.2. The number of carbonyl (C=O) groups excluding carboxylic acids is 2. The second kappa shape index (κ2) is 9.78. The molecule has 0 aliphatic carbocycles. The summed E-state index contributed by atoms with van der Waals surface area (Å²) in [5.41, 5.74) is 2.38. The number of Topliss-reactive ketones (excluding diaryl/α,β-unsaturated/α-hetero) is 1. The highest BCUT2D eigenvalue weighted by molar-refractivity contribution is 7.92. The largest absolute Gasteiger partial charge is 0.345 e. The number of anilines is 1. The van der Waals surface area contributed by atoms with Gasteiger partial charge in [-0.2, -0.15) is 0 Å². The Balaban J connectivity index is 1.96. The van der Waals surface area contributed by atoms with Crippen LogP contribution in [0.5, 0.6) is 0 Å². The van der Waals surface area contributed by atoms with Gasteiger partial charge in [-0.25, -0.2) is 8.42 Å². The molecule has 3 aromatic rings. The number of benzene rings is 3. The zero-order valence-electron chi connectivity index (χ0n) is 18.3. The summed E-state index contributed by atoms with van der Waals surface area (Å²) >= 11 is 0. The molecule has 7 heteroatoms. The molecule has 166 valence electrons. The Morgan fingerprint density at radius 3 is 2.19 bits per heavy atom. The molecule has 0 aromatic heterocycles. The van der Waals surface area contributed by atoms with Crippen LogP contribution in [-0.2, 0) is 10.0 Å². The molecule has 0 unspecified atom stereocenters. The first-order valence-electron chi connectivity index (χ1n) is 10.3. The average molecular weight is 451 g/mol. The van der Waals surface area contributed by atoms with Crippen LogP contribution in [0.15, 0.2) is 77.7 Å². The lowest BCUT2D eigenvalue weighted by Gasteiger charge is -2.19. The van der Waals surface area contributed by atoms with Crippen LogP contribution in [0, 0.1) is 6.92 Å². The summed E-state index contributed by atoms with van der Waals surface area (Å²) in [5, 5.41) is 2.95. The smallest absolute Gasteiger partial charge is 0.261 e. The third-order valence-corrected chi connectivity index (χ3v) is 6.54. The predicted molar refractivity (Wildman–Crippen MR) is 125 cm³/mol. The van der Waals surface area contributed by atoms with Crippen molar-refractivity contribution in [2.24, 2.45) is 0 Å². The molecular formula is C25H26N2O4S. The van der Waals surface area contributed by atoms with E-state index in [-0.39, 0.29) is 28.0 Å². The molecule has 0 bridgehead atoms. The minimum absolute atomic E-state index is 0.0841. The highest BCUT2D eigenvalue weighted by Crippen LogP contribution is 2.24. The van der Waals surface area contributed by atoms with Gasteiger partial charge in [-0.1, -0.05) is 55.0 Å². The topological polar surface area (TPSA) is 92.3 Å². The fourth-order valence-electron chi connectivity index (χ4n) is 3.30. The van der Waals surface area contributed by atoms with Crippen molar-refractivity contribution in [2.75, 3.05) is 4.72 Å². The number of hydrogen-bond donors (Lipinski definition) is 2. The van der Waals surface area contributed by atoms with Crippen molar-refractivity contribution in [3.8, 4) is 0 Å². The minimum Gasteiger partial charge on any atom is -0.345 e. The van der Waals surface area contributed by atoms with Crippen molar-refractivity contribution in [1.29, 1.82) is 0 Å². The first-order chi connectivity index (χ1) is 15.2. The number of amides is 1. The van der Waals surface area contributed by atoms with Gasteiger partial charge >= 0.3 is 0 Å². The molecule has 6 nitrogen and oxygen atoms in total. The Labute approximate surface area is 188 Å². The van der Waals surface area contributed by atoms with E-state index in [2.05, 4.69) is 10.0 Å². The molecule has 2 N–H and O–H groups in total. The van der Waals surface area contributed by atoms with Crippen LogP contribution in [0.2, 0.25) is 0 Å². The van der Waals surface area contributed by atoms with Crippen molar-refractivity contribution >= 4 is 27.4 Å². The fourth-order valence-corrected chi connectivity index (χ4v) is 4.38. The van der Waals surface area contributed by atoms with Crippen LogP contribution < -0.4 is 10.0 Å². The highest BCUT2D eigenvalue weighted by atomic mass is 32.2. The Hall–Kier alpha value is -3.45. The van der Waals surface area contributed by atoms with Gasteiger partial charge in [-0.05, 0) is 56.2 Å². The molecular weight excluding hydrogens is 424 g/mol. The van der Waals surface area contributed by atoms with E-state index in [4.69, 9.17) is 0 Å². The molecule has 1 amide bonds. The molecule has 0 aliphatic rings. The number of aryl methyl sites for hydroxylation is 1. The van der Waals surface area contributed by atoms with Gasteiger partial charge in [-0.15, -0.1) is 0 Å². The number of ketones is 1. The van der Waals surface area contributed by atoms with Gasteiger partial charge in [0.2, 0.25) is 0 Å². The van der Waals surface area contributed by atoms with E-state index < -0.39 is 15.9 Å². The summed E-state index contributed by atoms with van der Waals surface area (Å²) in [6, 6.07) is 20.0. The monoisotopic (exact) mass is 450 g/mol. The third-order valence-electron chi connectivity index (χ3n) is 5.16. The van der Waals surface area contributed by atoms with Crippen LogP contribution in [-0.4, -0.2) is 20.1 Å². The van der Waals surface area contributed by atoms with Crippen LogP contribution in [0.25, 0.3) is 0 Å². The lowest BCUT2D eigenvalue weighted by Crippen LogP contribution is -2.29. The van der Waals surface area contributed by atoms with E-state index >= 15 is 0 Å². The van der Waals surface area contributed by atoms with Gasteiger partial charge in [0.15, 0.2) is 5.78 Å². The first kappa shape index (κ1) is 23.2. The van der Waals surface area contributed by atoms with Crippen LogP contribution in [0.4, 0.5) is 5.69 Å². The lowest BCUT2D eigenvalue weighted by atomic mass is 10.0. The summed E-state index contributed by atoms with van der Waals surface area (Å²) in [5.74, 6) is -0.687. The van der Waals surface area contributed by atoms with E-state index in [1.54, 1.807) is 12.1 Å². The molecule has 3 aromatic carbocycles. The predicted octanol–water partition coefficient (Wildman–Crippen LogP) is 4.88. The summed E-state index contributed by atoms with van der Waals surface area (Å²) in [7, 11) is -3.92. The third kappa shape index (κ3) is 5.42. The molecule has 0 fully saturated rings. The minimum atomic E-state index is -3.92. The van der Waals surface area contributed by atoms with Gasteiger partial charge in [0, 0.05) is 5.56 Å². The highest BCUT2D eigenvalue weighted by Gasteiger charge is 2.22. The Morgan fingerprint density at radius 1 is 0.938 bits per heavy atom. The second-order valence-corrected chi connectivity index (χ2v) is 9.26. The molecule has 3 rings (SSSR count). The molecule has 1 atom stereocenters. The molecule has 0 spiro atoms. The van der Waals surface area contributed by atoms with Crippen molar-refractivity contribution in [3.05, 3.63) is 95.1 Å². The first-order valence-corrected chi connectivity index (χ1v) is 11.8. The Bertz CT molecular complexity index is 1220. The van der Waals surface area contributed by atoms with Crippen molar-refractivity contribution in [3.63, 3.8) is 0 Å². The SMILES string of the molecule is CC[C@H](NC(=O)c1cc(C(C)=O)ccc1NS(=O)(=O)c1ccc(C)cc1)c1ccccc1. The second-order valence-electron chi connectivity index (χ2n) is 7.58. The van der Waals surface area contributed by atoms with Gasteiger partial charge in [-0.3, -0.25) is 14.3 Å². The van der Waals surface area contributed by atoms with Crippen LogP contribution in [0.3, 0.4) is 0 Å². The Morgan fingerprint density at radius 2 is 1.59 bits per heavy atom. The lowest BCUT2D eigenvalue weighted by molar-refractivity contribution is 0.0936. The molecule has 0 heterocycles. The summed E-state index contributed by atoms with van der Waals surface area (Å²) in [4.78, 5) is 25.2. The summed E-state index contributed by atoms with van der Waals surface area (Å²) in [6.45, 7) is 5.21. The van der Waals surface area contributed by atoms with E-state index in [9.17, 15) is 18.0 Å². The molecule has 0 saturated heterocycles. The number of nitrogens with one attached hydrogen (secondary N) is 2. The number of sulfonamides is 1.